The maximum absolute atomic E-state index is 12.8. The van der Waals surface area contributed by atoms with E-state index in [0.29, 0.717) is 30.4 Å². The molecule has 0 aliphatic heterocycles. The largest absolute Gasteiger partial charge is 0.485 e. The van der Waals surface area contributed by atoms with Gasteiger partial charge in [0.25, 0.3) is 0 Å². The van der Waals surface area contributed by atoms with Gasteiger partial charge in [-0.1, -0.05) is 80.2 Å². The highest BCUT2D eigenvalue weighted by Gasteiger charge is 2.28. The molecule has 1 atom stereocenters. The standard InChI is InChI=1S/C30H31N5O3.CH4/c1-30(2,31)29(36)32-25(20-37-18-21-10-4-3-5-11-21)27-33-34-28-26(16-9-17-35(27)28)38-19-23-14-8-13-22-12-6-7-15-24(22)23;/h3-17,25H,18-20,31H2,1-2H3,(H,32,36);1H4/t25-;/m1./s1. The maximum atomic E-state index is 12.8. The second-order valence-corrected chi connectivity index (χ2v) is 9.80. The summed E-state index contributed by atoms with van der Waals surface area (Å²) in [7, 11) is 0. The number of aromatic nitrogens is 3. The lowest BCUT2D eigenvalue weighted by Crippen LogP contribution is -2.50. The van der Waals surface area contributed by atoms with Gasteiger partial charge in [-0.3, -0.25) is 9.20 Å². The van der Waals surface area contributed by atoms with Crippen LogP contribution in [0, 0.1) is 0 Å². The van der Waals surface area contributed by atoms with Crippen molar-refractivity contribution < 1.29 is 14.3 Å². The van der Waals surface area contributed by atoms with Crippen molar-refractivity contribution in [2.45, 2.75) is 46.1 Å². The normalized spacial score (nSPS) is 12.2. The number of nitrogens with zero attached hydrogens (tertiary/aromatic N) is 3. The second kappa shape index (κ2) is 12.1. The second-order valence-electron chi connectivity index (χ2n) is 9.80. The molecule has 0 fully saturated rings. The monoisotopic (exact) mass is 525 g/mol. The quantitative estimate of drug-likeness (QED) is 0.259. The van der Waals surface area contributed by atoms with Crippen LogP contribution in [0.1, 0.15) is 44.3 Å². The SMILES string of the molecule is C.CC(C)(N)C(=O)N[C@H](COCc1ccccc1)c1nnc2c(OCc3cccc4ccccc34)cccn12. The van der Waals surface area contributed by atoms with Crippen molar-refractivity contribution in [1.29, 1.82) is 0 Å². The summed E-state index contributed by atoms with van der Waals surface area (Å²) in [6.45, 7) is 4.29. The van der Waals surface area contributed by atoms with Gasteiger partial charge in [0.05, 0.1) is 18.8 Å². The number of rotatable bonds is 10. The molecule has 2 aromatic heterocycles. The van der Waals surface area contributed by atoms with Gasteiger partial charge in [-0.2, -0.15) is 0 Å². The zero-order chi connectivity index (χ0) is 26.5. The van der Waals surface area contributed by atoms with E-state index in [1.165, 1.54) is 0 Å². The van der Waals surface area contributed by atoms with Crippen LogP contribution in [0.2, 0.25) is 0 Å². The molecule has 2 heterocycles. The first kappa shape index (κ1) is 27.8. The number of nitrogens with two attached hydrogens (primary N) is 1. The molecular weight excluding hydrogens is 490 g/mol. The van der Waals surface area contributed by atoms with Crippen LogP contribution in [0.3, 0.4) is 0 Å². The fraction of sp³-hybridized carbons (Fsp3) is 0.258. The first-order valence-corrected chi connectivity index (χ1v) is 12.5. The van der Waals surface area contributed by atoms with Crippen LogP contribution >= 0.6 is 0 Å². The van der Waals surface area contributed by atoms with E-state index in [4.69, 9.17) is 15.2 Å². The lowest BCUT2D eigenvalue weighted by molar-refractivity contribution is -0.126. The van der Waals surface area contributed by atoms with Gasteiger partial charge in [-0.25, -0.2) is 0 Å². The number of ether oxygens (including phenoxy) is 2. The van der Waals surface area contributed by atoms with Gasteiger partial charge < -0.3 is 20.5 Å². The number of hydrogen-bond acceptors (Lipinski definition) is 6. The summed E-state index contributed by atoms with van der Waals surface area (Å²) < 4.78 is 14.0. The number of carbonyl (C=O) groups is 1. The Labute approximate surface area is 228 Å². The highest BCUT2D eigenvalue weighted by atomic mass is 16.5. The fourth-order valence-corrected chi connectivity index (χ4v) is 4.23. The molecule has 39 heavy (non-hydrogen) atoms. The number of amides is 1. The van der Waals surface area contributed by atoms with Crippen LogP contribution < -0.4 is 15.8 Å². The van der Waals surface area contributed by atoms with Crippen LogP contribution in [0.5, 0.6) is 5.75 Å². The minimum atomic E-state index is -1.06. The molecule has 202 valence electrons. The molecular formula is C31H35N5O3. The van der Waals surface area contributed by atoms with Crippen LogP contribution in [-0.4, -0.2) is 32.7 Å². The molecule has 0 unspecified atom stereocenters. The summed E-state index contributed by atoms with van der Waals surface area (Å²) in [5, 5.41) is 14.1. The van der Waals surface area contributed by atoms with Crippen LogP contribution in [0.4, 0.5) is 0 Å². The van der Waals surface area contributed by atoms with E-state index in [9.17, 15) is 4.79 Å². The molecule has 0 bridgehead atoms. The first-order chi connectivity index (χ1) is 18.4. The Hall–Kier alpha value is -4.27. The van der Waals surface area contributed by atoms with Crippen molar-refractivity contribution in [2.24, 2.45) is 5.73 Å². The zero-order valence-electron chi connectivity index (χ0n) is 21.5. The molecule has 3 aromatic carbocycles. The van der Waals surface area contributed by atoms with Crippen molar-refractivity contribution in [3.05, 3.63) is 108 Å². The summed E-state index contributed by atoms with van der Waals surface area (Å²) in [6.07, 6.45) is 1.85. The maximum Gasteiger partial charge on any atom is 0.240 e. The molecule has 0 saturated heterocycles. The predicted molar refractivity (Wildman–Crippen MR) is 153 cm³/mol. The van der Waals surface area contributed by atoms with Gasteiger partial charge in [0.15, 0.2) is 11.6 Å². The molecule has 0 spiro atoms. The van der Waals surface area contributed by atoms with Crippen molar-refractivity contribution in [3.8, 4) is 5.75 Å². The number of carbonyl (C=O) groups excluding carboxylic acids is 1. The Morgan fingerprint density at radius 3 is 2.49 bits per heavy atom. The number of fused-ring (bicyclic) bond motifs is 2. The third-order valence-electron chi connectivity index (χ3n) is 6.29. The summed E-state index contributed by atoms with van der Waals surface area (Å²) in [6, 6.07) is 27.4. The first-order valence-electron chi connectivity index (χ1n) is 12.5. The van der Waals surface area contributed by atoms with Gasteiger partial charge in [0.2, 0.25) is 11.6 Å². The van der Waals surface area contributed by atoms with E-state index in [0.717, 1.165) is 21.9 Å². The molecule has 8 nitrogen and oxygen atoms in total. The van der Waals surface area contributed by atoms with Crippen molar-refractivity contribution in [1.82, 2.24) is 19.9 Å². The Morgan fingerprint density at radius 1 is 0.949 bits per heavy atom. The minimum absolute atomic E-state index is 0. The van der Waals surface area contributed by atoms with Gasteiger partial charge in [-0.15, -0.1) is 10.2 Å². The zero-order valence-corrected chi connectivity index (χ0v) is 21.5. The van der Waals surface area contributed by atoms with Crippen molar-refractivity contribution >= 4 is 22.3 Å². The van der Waals surface area contributed by atoms with E-state index in [2.05, 4.69) is 39.8 Å². The van der Waals surface area contributed by atoms with Crippen molar-refractivity contribution in [3.63, 3.8) is 0 Å². The highest BCUT2D eigenvalue weighted by molar-refractivity contribution is 5.86. The van der Waals surface area contributed by atoms with E-state index >= 15 is 0 Å². The fourth-order valence-electron chi connectivity index (χ4n) is 4.23. The average Bonchev–Trinajstić information content (AvgIpc) is 3.36. The third kappa shape index (κ3) is 6.42. The Kier molecular flexibility index (Phi) is 8.59. The van der Waals surface area contributed by atoms with Gasteiger partial charge >= 0.3 is 0 Å². The molecule has 1 amide bonds. The van der Waals surface area contributed by atoms with Gasteiger partial charge in [-0.05, 0) is 47.9 Å². The smallest absolute Gasteiger partial charge is 0.240 e. The number of hydrogen-bond donors (Lipinski definition) is 2. The lowest BCUT2D eigenvalue weighted by Gasteiger charge is -2.23. The summed E-state index contributed by atoms with van der Waals surface area (Å²) in [4.78, 5) is 12.8. The average molecular weight is 526 g/mol. The molecule has 5 rings (SSSR count). The van der Waals surface area contributed by atoms with Crippen LogP contribution in [0.15, 0.2) is 91.1 Å². The van der Waals surface area contributed by atoms with Gasteiger partial charge in [0, 0.05) is 6.20 Å². The topological polar surface area (TPSA) is 104 Å². The summed E-state index contributed by atoms with van der Waals surface area (Å²) in [5.74, 6) is 0.806. The Bertz CT molecular complexity index is 1540. The van der Waals surface area contributed by atoms with E-state index < -0.39 is 11.6 Å². The van der Waals surface area contributed by atoms with E-state index in [1.807, 2.05) is 71.3 Å². The van der Waals surface area contributed by atoms with Crippen LogP contribution in [-0.2, 0) is 22.7 Å². The predicted octanol–water partition coefficient (Wildman–Crippen LogP) is 5.21. The third-order valence-corrected chi connectivity index (χ3v) is 6.29. The molecule has 0 aliphatic rings. The minimum Gasteiger partial charge on any atom is -0.485 e. The number of pyridine rings is 1. The molecule has 0 radical (unpaired) electrons. The molecule has 0 aliphatic carbocycles. The molecule has 5 aromatic rings. The number of benzene rings is 3. The Balaban J connectivity index is 0.00000353. The molecule has 0 saturated carbocycles. The molecule has 3 N–H and O–H groups in total. The molecule has 8 heteroatoms. The number of nitrogens with one attached hydrogen (secondary N) is 1. The van der Waals surface area contributed by atoms with E-state index in [-0.39, 0.29) is 19.9 Å². The lowest BCUT2D eigenvalue weighted by atomic mass is 10.1. The van der Waals surface area contributed by atoms with Crippen molar-refractivity contribution in [2.75, 3.05) is 6.61 Å². The Morgan fingerprint density at radius 2 is 1.69 bits per heavy atom. The van der Waals surface area contributed by atoms with E-state index in [1.54, 1.807) is 13.8 Å². The van der Waals surface area contributed by atoms with Crippen LogP contribution in [0.25, 0.3) is 16.4 Å². The summed E-state index contributed by atoms with van der Waals surface area (Å²) in [5.41, 5.74) is 7.66. The highest BCUT2D eigenvalue weighted by Crippen LogP contribution is 2.25. The van der Waals surface area contributed by atoms with Gasteiger partial charge in [0.1, 0.15) is 12.6 Å². The summed E-state index contributed by atoms with van der Waals surface area (Å²) >= 11 is 0.